The minimum atomic E-state index is -0.563. The monoisotopic (exact) mass is 381 g/mol. The van der Waals surface area contributed by atoms with Crippen molar-refractivity contribution in [3.05, 3.63) is 54.1 Å². The van der Waals surface area contributed by atoms with E-state index in [-0.39, 0.29) is 19.1 Å². The molecule has 0 bridgehead atoms. The predicted molar refractivity (Wildman–Crippen MR) is 107 cm³/mol. The molecule has 7 heteroatoms. The van der Waals surface area contributed by atoms with Crippen molar-refractivity contribution in [2.45, 2.75) is 13.3 Å². The molecule has 1 heterocycles. The number of methoxy groups -OCH3 is 1. The van der Waals surface area contributed by atoms with Crippen molar-refractivity contribution < 1.29 is 19.1 Å². The normalized spacial score (nSPS) is 13.0. The van der Waals surface area contributed by atoms with Crippen LogP contribution in [0.2, 0.25) is 0 Å². The molecule has 0 aliphatic carbocycles. The Morgan fingerprint density at radius 2 is 1.82 bits per heavy atom. The summed E-state index contributed by atoms with van der Waals surface area (Å²) in [5, 5.41) is 2.84. The lowest BCUT2D eigenvalue weighted by molar-refractivity contribution is -0.118. The lowest BCUT2D eigenvalue weighted by Gasteiger charge is -2.27. The van der Waals surface area contributed by atoms with Crippen LogP contribution >= 0.6 is 0 Å². The Morgan fingerprint density at radius 1 is 1.11 bits per heavy atom. The van der Waals surface area contributed by atoms with Crippen LogP contribution in [0.4, 0.5) is 11.4 Å². The lowest BCUT2D eigenvalue weighted by Crippen LogP contribution is -2.44. The third-order valence-electron chi connectivity index (χ3n) is 4.51. The first-order valence-electron chi connectivity index (χ1n) is 9.15. The average Bonchev–Trinajstić information content (AvgIpc) is 2.93. The predicted octanol–water partition coefficient (Wildman–Crippen LogP) is 2.53. The van der Waals surface area contributed by atoms with Crippen LogP contribution in [0.15, 0.2) is 48.5 Å². The van der Waals surface area contributed by atoms with Gasteiger partial charge >= 0.3 is 5.91 Å². The second-order valence-electron chi connectivity index (χ2n) is 6.52. The molecule has 28 heavy (non-hydrogen) atoms. The number of hydrogen-bond acceptors (Lipinski definition) is 5. The fourth-order valence-electron chi connectivity index (χ4n) is 3.25. The van der Waals surface area contributed by atoms with E-state index in [1.807, 2.05) is 24.0 Å². The van der Waals surface area contributed by atoms with E-state index < -0.39 is 11.7 Å². The Morgan fingerprint density at radius 3 is 2.57 bits per heavy atom. The van der Waals surface area contributed by atoms with Crippen LogP contribution in [-0.2, 0) is 9.59 Å². The number of fused-ring (bicyclic) bond motifs is 1. The zero-order chi connectivity index (χ0) is 20.1. The van der Waals surface area contributed by atoms with Crippen molar-refractivity contribution in [1.82, 2.24) is 4.90 Å². The minimum absolute atomic E-state index is 0.0893. The number of benzene rings is 2. The highest BCUT2D eigenvalue weighted by atomic mass is 16.5. The molecule has 1 N–H and O–H groups in total. The summed E-state index contributed by atoms with van der Waals surface area (Å²) in [6.45, 7) is 2.87. The molecule has 0 spiro atoms. The second-order valence-corrected chi connectivity index (χ2v) is 6.52. The Hall–Kier alpha value is -3.19. The van der Waals surface area contributed by atoms with Gasteiger partial charge in [0.15, 0.2) is 0 Å². The van der Waals surface area contributed by atoms with Crippen molar-refractivity contribution in [2.24, 2.45) is 0 Å². The van der Waals surface area contributed by atoms with E-state index in [0.29, 0.717) is 29.2 Å². The second kappa shape index (κ2) is 8.67. The summed E-state index contributed by atoms with van der Waals surface area (Å²) >= 11 is 0. The molecule has 0 fully saturated rings. The van der Waals surface area contributed by atoms with E-state index in [2.05, 4.69) is 5.32 Å². The van der Waals surface area contributed by atoms with E-state index in [4.69, 9.17) is 4.74 Å². The minimum Gasteiger partial charge on any atom is -0.495 e. The third kappa shape index (κ3) is 4.04. The average molecular weight is 381 g/mol. The zero-order valence-electron chi connectivity index (χ0n) is 16.0. The molecule has 2 aromatic rings. The van der Waals surface area contributed by atoms with Gasteiger partial charge in [-0.1, -0.05) is 31.2 Å². The number of carbonyl (C=O) groups excluding carboxylic acids is 3. The standard InChI is InChI=1S/C21H23N3O4/c1-3-12-23(13-19(25)22-16-9-5-7-11-18(16)28-2)14-24-17-10-6-4-8-15(17)20(26)21(24)27/h4-11H,3,12-14H2,1-2H3,(H,22,25). The quantitative estimate of drug-likeness (QED) is 0.711. The van der Waals surface area contributed by atoms with E-state index in [1.165, 1.54) is 4.90 Å². The van der Waals surface area contributed by atoms with E-state index in [0.717, 1.165) is 6.42 Å². The highest BCUT2D eigenvalue weighted by Gasteiger charge is 2.36. The maximum Gasteiger partial charge on any atom is 0.300 e. The van der Waals surface area contributed by atoms with Crippen molar-refractivity contribution in [1.29, 1.82) is 0 Å². The van der Waals surface area contributed by atoms with Gasteiger partial charge in [0, 0.05) is 6.54 Å². The van der Waals surface area contributed by atoms with Crippen molar-refractivity contribution >= 4 is 29.0 Å². The van der Waals surface area contributed by atoms with E-state index in [1.54, 1.807) is 43.5 Å². The maximum atomic E-state index is 12.6. The van der Waals surface area contributed by atoms with Gasteiger partial charge in [-0.15, -0.1) is 0 Å². The van der Waals surface area contributed by atoms with Crippen LogP contribution in [0.5, 0.6) is 5.75 Å². The lowest BCUT2D eigenvalue weighted by atomic mass is 10.1. The molecule has 0 saturated carbocycles. The van der Waals surface area contributed by atoms with Gasteiger partial charge < -0.3 is 10.1 Å². The zero-order valence-corrected chi connectivity index (χ0v) is 16.0. The number of carbonyl (C=O) groups is 3. The smallest absolute Gasteiger partial charge is 0.300 e. The molecule has 0 unspecified atom stereocenters. The molecular formula is C21H23N3O4. The van der Waals surface area contributed by atoms with E-state index >= 15 is 0 Å². The van der Waals surface area contributed by atoms with Gasteiger partial charge in [-0.05, 0) is 30.7 Å². The van der Waals surface area contributed by atoms with Crippen LogP contribution in [0.1, 0.15) is 23.7 Å². The van der Waals surface area contributed by atoms with Gasteiger partial charge in [0.1, 0.15) is 5.75 Å². The fraction of sp³-hybridized carbons (Fsp3) is 0.286. The van der Waals surface area contributed by atoms with Gasteiger partial charge in [-0.3, -0.25) is 24.2 Å². The number of amides is 2. The first-order chi connectivity index (χ1) is 13.5. The SMILES string of the molecule is CCCN(CC(=O)Nc1ccccc1OC)CN1C(=O)C(=O)c2ccccc21. The topological polar surface area (TPSA) is 79.0 Å². The van der Waals surface area contributed by atoms with Crippen molar-refractivity contribution in [3.8, 4) is 5.75 Å². The van der Waals surface area contributed by atoms with Crippen LogP contribution in [0, 0.1) is 0 Å². The summed E-state index contributed by atoms with van der Waals surface area (Å²) in [4.78, 5) is 40.4. The van der Waals surface area contributed by atoms with Crippen LogP contribution in [0.3, 0.4) is 0 Å². The van der Waals surface area contributed by atoms with Gasteiger partial charge in [0.2, 0.25) is 5.91 Å². The summed E-state index contributed by atoms with van der Waals surface area (Å²) in [5.74, 6) is -0.714. The Labute approximate surface area is 163 Å². The van der Waals surface area contributed by atoms with Crippen LogP contribution < -0.4 is 15.0 Å². The highest BCUT2D eigenvalue weighted by molar-refractivity contribution is 6.52. The summed E-state index contributed by atoms with van der Waals surface area (Å²) in [6.07, 6.45) is 0.805. The largest absolute Gasteiger partial charge is 0.495 e. The Kier molecular flexibility index (Phi) is 6.06. The molecule has 0 atom stereocenters. The number of hydrogen-bond donors (Lipinski definition) is 1. The number of nitrogens with zero attached hydrogens (tertiary/aromatic N) is 2. The Bertz CT molecular complexity index is 897. The first kappa shape index (κ1) is 19.6. The van der Waals surface area contributed by atoms with Crippen LogP contribution in [0.25, 0.3) is 0 Å². The van der Waals surface area contributed by atoms with Crippen molar-refractivity contribution in [2.75, 3.05) is 37.1 Å². The molecule has 0 saturated heterocycles. The number of rotatable bonds is 8. The van der Waals surface area contributed by atoms with Gasteiger partial charge in [-0.25, -0.2) is 0 Å². The van der Waals surface area contributed by atoms with E-state index in [9.17, 15) is 14.4 Å². The number of Topliss-reactive ketones (excluding diaryl/α,β-unsaturated/α-hetero) is 1. The molecule has 0 radical (unpaired) electrons. The maximum absolute atomic E-state index is 12.6. The summed E-state index contributed by atoms with van der Waals surface area (Å²) in [5.41, 5.74) is 1.58. The Balaban J connectivity index is 1.71. The van der Waals surface area contributed by atoms with Crippen LogP contribution in [-0.4, -0.2) is 49.4 Å². The summed E-state index contributed by atoms with van der Waals surface area (Å²) in [6, 6.07) is 14.1. The number of anilines is 2. The summed E-state index contributed by atoms with van der Waals surface area (Å²) in [7, 11) is 1.54. The molecule has 1 aliphatic rings. The summed E-state index contributed by atoms with van der Waals surface area (Å²) < 4.78 is 5.25. The molecular weight excluding hydrogens is 358 g/mol. The molecule has 146 valence electrons. The van der Waals surface area contributed by atoms with Gasteiger partial charge in [0.25, 0.3) is 5.78 Å². The molecule has 1 aliphatic heterocycles. The third-order valence-corrected chi connectivity index (χ3v) is 4.51. The number of nitrogens with one attached hydrogen (secondary N) is 1. The molecule has 3 rings (SSSR count). The number of ketones is 1. The number of ether oxygens (including phenoxy) is 1. The molecule has 0 aromatic heterocycles. The molecule has 2 amide bonds. The van der Waals surface area contributed by atoms with Gasteiger partial charge in [0.05, 0.1) is 37.3 Å². The molecule has 2 aromatic carbocycles. The van der Waals surface area contributed by atoms with Crippen molar-refractivity contribution in [3.63, 3.8) is 0 Å². The fourth-order valence-corrected chi connectivity index (χ4v) is 3.25. The first-order valence-corrected chi connectivity index (χ1v) is 9.15. The molecule has 7 nitrogen and oxygen atoms in total. The van der Waals surface area contributed by atoms with Gasteiger partial charge in [-0.2, -0.15) is 0 Å². The highest BCUT2D eigenvalue weighted by Crippen LogP contribution is 2.28. The number of para-hydroxylation sites is 3.